The predicted octanol–water partition coefficient (Wildman–Crippen LogP) is 2.72. The van der Waals surface area contributed by atoms with Crippen LogP contribution >= 0.6 is 0 Å². The number of amides is 1. The molecule has 1 aromatic carbocycles. The van der Waals surface area contributed by atoms with Crippen molar-refractivity contribution in [3.63, 3.8) is 0 Å². The molecule has 0 aliphatic heterocycles. The average Bonchev–Trinajstić information content (AvgIpc) is 2.49. The van der Waals surface area contributed by atoms with Gasteiger partial charge in [-0.05, 0) is 54.5 Å². The van der Waals surface area contributed by atoms with Crippen LogP contribution in [0.2, 0.25) is 0 Å². The highest BCUT2D eigenvalue weighted by Crippen LogP contribution is 2.22. The molecule has 0 spiro atoms. The van der Waals surface area contributed by atoms with Gasteiger partial charge in [-0.1, -0.05) is 18.2 Å². The first-order valence-corrected chi connectivity index (χ1v) is 7.33. The molecular formula is C17H19N3O. The van der Waals surface area contributed by atoms with E-state index in [1.807, 2.05) is 0 Å². The fourth-order valence-corrected chi connectivity index (χ4v) is 2.77. The van der Waals surface area contributed by atoms with Crippen molar-refractivity contribution in [2.45, 2.75) is 32.1 Å². The van der Waals surface area contributed by atoms with Gasteiger partial charge in [0.15, 0.2) is 0 Å². The summed E-state index contributed by atoms with van der Waals surface area (Å²) in [6, 6.07) is 9.84. The van der Waals surface area contributed by atoms with Gasteiger partial charge < -0.3 is 11.1 Å². The Morgan fingerprint density at radius 1 is 1.14 bits per heavy atom. The van der Waals surface area contributed by atoms with Crippen LogP contribution in [0.4, 0.5) is 11.5 Å². The molecule has 1 heterocycles. The Kier molecular flexibility index (Phi) is 3.86. The number of hydrogen-bond acceptors (Lipinski definition) is 3. The van der Waals surface area contributed by atoms with Crippen molar-refractivity contribution in [3.8, 4) is 0 Å². The zero-order valence-electron chi connectivity index (χ0n) is 11.9. The molecule has 1 aliphatic rings. The third-order valence-electron chi connectivity index (χ3n) is 3.85. The number of aryl methyl sites for hydroxylation is 2. The minimum Gasteiger partial charge on any atom is -0.384 e. The Hall–Kier alpha value is -2.36. The summed E-state index contributed by atoms with van der Waals surface area (Å²) in [4.78, 5) is 16.0. The minimum atomic E-state index is -0.0302. The highest BCUT2D eigenvalue weighted by molar-refractivity contribution is 5.92. The number of carbonyl (C=O) groups is 1. The van der Waals surface area contributed by atoms with E-state index in [0.29, 0.717) is 17.9 Å². The minimum absolute atomic E-state index is 0.0302. The van der Waals surface area contributed by atoms with Crippen LogP contribution in [-0.4, -0.2) is 10.9 Å². The van der Waals surface area contributed by atoms with E-state index in [-0.39, 0.29) is 5.91 Å². The van der Waals surface area contributed by atoms with Gasteiger partial charge in [-0.3, -0.25) is 4.79 Å². The molecule has 3 N–H and O–H groups in total. The third kappa shape index (κ3) is 3.40. The number of aromatic nitrogens is 1. The number of nitrogen functional groups attached to an aromatic ring is 1. The number of anilines is 2. The monoisotopic (exact) mass is 281 g/mol. The molecule has 1 aromatic heterocycles. The molecule has 0 atom stereocenters. The van der Waals surface area contributed by atoms with E-state index < -0.39 is 0 Å². The summed E-state index contributed by atoms with van der Waals surface area (Å²) in [5, 5.41) is 2.84. The summed E-state index contributed by atoms with van der Waals surface area (Å²) in [5.74, 6) is 0.417. The lowest BCUT2D eigenvalue weighted by molar-refractivity contribution is -0.115. The Balaban J connectivity index is 1.65. The fraction of sp³-hybridized carbons (Fsp3) is 0.294. The van der Waals surface area contributed by atoms with Gasteiger partial charge in [0, 0.05) is 0 Å². The largest absolute Gasteiger partial charge is 0.384 e. The number of nitrogens with zero attached hydrogens (tertiary/aromatic N) is 1. The lowest BCUT2D eigenvalue weighted by Gasteiger charge is -2.16. The van der Waals surface area contributed by atoms with Crippen molar-refractivity contribution in [1.82, 2.24) is 4.98 Å². The second-order valence-electron chi connectivity index (χ2n) is 5.51. The zero-order valence-corrected chi connectivity index (χ0v) is 11.9. The van der Waals surface area contributed by atoms with Crippen molar-refractivity contribution < 1.29 is 4.79 Å². The highest BCUT2D eigenvalue weighted by atomic mass is 16.1. The number of pyridine rings is 1. The van der Waals surface area contributed by atoms with E-state index in [9.17, 15) is 4.79 Å². The standard InChI is InChI=1S/C17H19N3O/c18-16-8-7-15(11-19-16)20-17(21)10-12-5-6-13-3-1-2-4-14(13)9-12/h5-9,11H,1-4,10H2,(H2,18,19)(H,20,21). The first-order chi connectivity index (χ1) is 10.2. The summed E-state index contributed by atoms with van der Waals surface area (Å²) in [6.45, 7) is 0. The van der Waals surface area contributed by atoms with Crippen LogP contribution < -0.4 is 11.1 Å². The van der Waals surface area contributed by atoms with E-state index >= 15 is 0 Å². The number of benzene rings is 1. The summed E-state index contributed by atoms with van der Waals surface area (Å²) >= 11 is 0. The van der Waals surface area contributed by atoms with Gasteiger partial charge in [0.1, 0.15) is 5.82 Å². The van der Waals surface area contributed by atoms with Crippen LogP contribution in [0.25, 0.3) is 0 Å². The van der Waals surface area contributed by atoms with Crippen LogP contribution in [0.1, 0.15) is 29.5 Å². The summed E-state index contributed by atoms with van der Waals surface area (Å²) in [6.07, 6.45) is 6.78. The molecule has 0 saturated heterocycles. The molecule has 1 aliphatic carbocycles. The van der Waals surface area contributed by atoms with E-state index in [1.165, 1.54) is 30.4 Å². The first kappa shape index (κ1) is 13.6. The third-order valence-corrected chi connectivity index (χ3v) is 3.85. The molecule has 4 nitrogen and oxygen atoms in total. The van der Waals surface area contributed by atoms with Crippen LogP contribution in [0.3, 0.4) is 0 Å². The van der Waals surface area contributed by atoms with Gasteiger partial charge in [-0.25, -0.2) is 4.98 Å². The number of carbonyl (C=O) groups excluding carboxylic acids is 1. The molecule has 4 heteroatoms. The smallest absolute Gasteiger partial charge is 0.228 e. The Morgan fingerprint density at radius 2 is 1.95 bits per heavy atom. The van der Waals surface area contributed by atoms with Crippen molar-refractivity contribution >= 4 is 17.4 Å². The summed E-state index contributed by atoms with van der Waals surface area (Å²) in [5.41, 5.74) is 10.1. The molecule has 0 radical (unpaired) electrons. The molecular weight excluding hydrogens is 262 g/mol. The number of nitrogens with two attached hydrogens (primary N) is 1. The molecule has 3 rings (SSSR count). The lowest BCUT2D eigenvalue weighted by atomic mass is 9.90. The molecule has 0 fully saturated rings. The molecule has 21 heavy (non-hydrogen) atoms. The van der Waals surface area contributed by atoms with Crippen LogP contribution in [0.5, 0.6) is 0 Å². The van der Waals surface area contributed by atoms with Gasteiger partial charge in [0.2, 0.25) is 5.91 Å². The second kappa shape index (κ2) is 5.95. The molecule has 108 valence electrons. The number of nitrogens with one attached hydrogen (secondary N) is 1. The number of rotatable bonds is 3. The van der Waals surface area contributed by atoms with Crippen LogP contribution in [0.15, 0.2) is 36.5 Å². The first-order valence-electron chi connectivity index (χ1n) is 7.33. The maximum Gasteiger partial charge on any atom is 0.228 e. The Labute approximate surface area is 124 Å². The van der Waals surface area contributed by atoms with Crippen molar-refractivity contribution in [3.05, 3.63) is 53.2 Å². The molecule has 1 amide bonds. The normalized spacial score (nSPS) is 13.5. The topological polar surface area (TPSA) is 68.0 Å². The van der Waals surface area contributed by atoms with Gasteiger partial charge >= 0.3 is 0 Å². The van der Waals surface area contributed by atoms with Crippen molar-refractivity contribution in [1.29, 1.82) is 0 Å². The number of hydrogen-bond donors (Lipinski definition) is 2. The summed E-state index contributed by atoms with van der Waals surface area (Å²) < 4.78 is 0. The predicted molar refractivity (Wildman–Crippen MR) is 84.1 cm³/mol. The van der Waals surface area contributed by atoms with E-state index in [0.717, 1.165) is 12.0 Å². The van der Waals surface area contributed by atoms with Crippen molar-refractivity contribution in [2.75, 3.05) is 11.1 Å². The molecule has 0 unspecified atom stereocenters. The highest BCUT2D eigenvalue weighted by Gasteiger charge is 2.11. The van der Waals surface area contributed by atoms with Gasteiger partial charge in [0.05, 0.1) is 18.3 Å². The zero-order chi connectivity index (χ0) is 14.7. The Morgan fingerprint density at radius 3 is 2.71 bits per heavy atom. The van der Waals surface area contributed by atoms with E-state index in [1.54, 1.807) is 18.3 Å². The van der Waals surface area contributed by atoms with Crippen LogP contribution in [0, 0.1) is 0 Å². The quantitative estimate of drug-likeness (QED) is 0.909. The fourth-order valence-electron chi connectivity index (χ4n) is 2.77. The molecule has 0 bridgehead atoms. The Bertz CT molecular complexity index is 650. The van der Waals surface area contributed by atoms with Crippen molar-refractivity contribution in [2.24, 2.45) is 0 Å². The SMILES string of the molecule is Nc1ccc(NC(=O)Cc2ccc3c(c2)CCCC3)cn1. The lowest BCUT2D eigenvalue weighted by Crippen LogP contribution is -2.15. The van der Waals surface area contributed by atoms with Gasteiger partial charge in [-0.2, -0.15) is 0 Å². The van der Waals surface area contributed by atoms with E-state index in [2.05, 4.69) is 28.5 Å². The van der Waals surface area contributed by atoms with Gasteiger partial charge in [-0.15, -0.1) is 0 Å². The maximum absolute atomic E-state index is 12.1. The maximum atomic E-state index is 12.1. The van der Waals surface area contributed by atoms with Gasteiger partial charge in [0.25, 0.3) is 0 Å². The number of fused-ring (bicyclic) bond motifs is 1. The molecule has 2 aromatic rings. The van der Waals surface area contributed by atoms with Crippen LogP contribution in [-0.2, 0) is 24.1 Å². The summed E-state index contributed by atoms with van der Waals surface area (Å²) in [7, 11) is 0. The molecule has 0 saturated carbocycles. The second-order valence-corrected chi connectivity index (χ2v) is 5.51. The van der Waals surface area contributed by atoms with E-state index in [4.69, 9.17) is 5.73 Å². The average molecular weight is 281 g/mol.